The molecule has 0 aromatic carbocycles. The first-order valence-corrected chi connectivity index (χ1v) is 7.76. The number of hydrogen-bond acceptors (Lipinski definition) is 4. The first-order valence-electron chi connectivity index (χ1n) is 6.94. The molecule has 0 saturated heterocycles. The van der Waals surface area contributed by atoms with Crippen LogP contribution in [0, 0.1) is 0 Å². The number of fused-ring (bicyclic) bond motifs is 1. The summed E-state index contributed by atoms with van der Waals surface area (Å²) in [6.07, 6.45) is 1.75. The van der Waals surface area contributed by atoms with Crippen LogP contribution in [0.15, 0.2) is 6.07 Å². The van der Waals surface area contributed by atoms with Gasteiger partial charge in [0.15, 0.2) is 0 Å². The van der Waals surface area contributed by atoms with Crippen LogP contribution in [-0.2, 0) is 17.6 Å². The molecule has 1 amide bonds. The zero-order valence-corrected chi connectivity index (χ0v) is 13.6. The average molecular weight is 311 g/mol. The van der Waals surface area contributed by atoms with Gasteiger partial charge in [0.2, 0.25) is 0 Å². The Morgan fingerprint density at radius 2 is 2.10 bits per heavy atom. The van der Waals surface area contributed by atoms with E-state index < -0.39 is 23.2 Å². The molecule has 0 saturated carbocycles. The lowest BCUT2D eigenvalue weighted by Crippen LogP contribution is -2.50. The third-order valence-corrected chi connectivity index (χ3v) is 4.57. The summed E-state index contributed by atoms with van der Waals surface area (Å²) >= 11 is 1.29. The molecule has 1 aromatic heterocycles. The van der Waals surface area contributed by atoms with Crippen LogP contribution in [0.25, 0.3) is 0 Å². The van der Waals surface area contributed by atoms with Crippen molar-refractivity contribution in [1.29, 1.82) is 0 Å². The molecule has 2 N–H and O–H groups in total. The maximum Gasteiger partial charge on any atom is 0.408 e. The first-order chi connectivity index (χ1) is 9.58. The first kappa shape index (κ1) is 15.8. The van der Waals surface area contributed by atoms with Crippen molar-refractivity contribution >= 4 is 23.4 Å². The molecule has 1 aliphatic carbocycles. The quantitative estimate of drug-likeness (QED) is 0.879. The molecule has 0 spiro atoms. The van der Waals surface area contributed by atoms with Gasteiger partial charge in [-0.2, -0.15) is 0 Å². The van der Waals surface area contributed by atoms with Crippen LogP contribution in [0.2, 0.25) is 0 Å². The molecule has 2 rings (SSSR count). The van der Waals surface area contributed by atoms with E-state index in [0.717, 1.165) is 23.3 Å². The fraction of sp³-hybridized carbons (Fsp3) is 0.600. The molecule has 116 valence electrons. The molecule has 21 heavy (non-hydrogen) atoms. The van der Waals surface area contributed by atoms with Crippen LogP contribution in [0.3, 0.4) is 0 Å². The van der Waals surface area contributed by atoms with E-state index in [-0.39, 0.29) is 0 Å². The van der Waals surface area contributed by atoms with Crippen molar-refractivity contribution in [1.82, 2.24) is 5.32 Å². The standard InChI is InChI=1S/C15H21NO4S/c1-14(2,3)20-13(19)16-15(4)6-5-9-7-10(12(17)18)21-11(9)8-15/h7H,5-6,8H2,1-4H3,(H,16,19)(H,17,18). The Balaban J connectivity index is 2.08. The zero-order chi connectivity index (χ0) is 15.8. The topological polar surface area (TPSA) is 75.6 Å². The molecular formula is C15H21NO4S. The minimum Gasteiger partial charge on any atom is -0.477 e. The molecule has 0 aliphatic heterocycles. The second-order valence-electron chi connectivity index (χ2n) is 6.73. The van der Waals surface area contributed by atoms with Crippen LogP contribution < -0.4 is 5.32 Å². The molecule has 5 nitrogen and oxygen atoms in total. The third kappa shape index (κ3) is 3.97. The monoisotopic (exact) mass is 311 g/mol. The van der Waals surface area contributed by atoms with E-state index in [9.17, 15) is 9.59 Å². The normalized spacial score (nSPS) is 21.5. The number of nitrogens with one attached hydrogen (secondary N) is 1. The highest BCUT2D eigenvalue weighted by Gasteiger charge is 2.34. The Bertz CT molecular complexity index is 573. The second kappa shape index (κ2) is 5.33. The van der Waals surface area contributed by atoms with Crippen molar-refractivity contribution in [2.75, 3.05) is 0 Å². The van der Waals surface area contributed by atoms with Crippen molar-refractivity contribution in [3.63, 3.8) is 0 Å². The van der Waals surface area contributed by atoms with Gasteiger partial charge in [0.1, 0.15) is 10.5 Å². The zero-order valence-electron chi connectivity index (χ0n) is 12.8. The lowest BCUT2D eigenvalue weighted by molar-refractivity contribution is 0.0455. The van der Waals surface area contributed by atoms with Crippen LogP contribution >= 0.6 is 11.3 Å². The summed E-state index contributed by atoms with van der Waals surface area (Å²) in [6.45, 7) is 7.45. The maximum atomic E-state index is 11.9. The predicted octanol–water partition coefficient (Wildman–Crippen LogP) is 3.22. The van der Waals surface area contributed by atoms with Crippen molar-refractivity contribution in [2.24, 2.45) is 0 Å². The molecule has 0 radical (unpaired) electrons. The summed E-state index contributed by atoms with van der Waals surface area (Å²) < 4.78 is 5.30. The molecule has 0 fully saturated rings. The number of amides is 1. The molecule has 1 aliphatic rings. The van der Waals surface area contributed by atoms with Gasteiger partial charge in [-0.25, -0.2) is 9.59 Å². The Morgan fingerprint density at radius 1 is 1.43 bits per heavy atom. The molecule has 1 aromatic rings. The molecule has 0 bridgehead atoms. The number of carbonyl (C=O) groups excluding carboxylic acids is 1. The summed E-state index contributed by atoms with van der Waals surface area (Å²) in [7, 11) is 0. The summed E-state index contributed by atoms with van der Waals surface area (Å²) in [5, 5.41) is 12.0. The molecular weight excluding hydrogens is 290 g/mol. The van der Waals surface area contributed by atoms with Gasteiger partial charge in [0, 0.05) is 16.8 Å². The van der Waals surface area contributed by atoms with Gasteiger partial charge in [-0.15, -0.1) is 11.3 Å². The minimum absolute atomic E-state index is 0.363. The fourth-order valence-electron chi connectivity index (χ4n) is 2.44. The lowest BCUT2D eigenvalue weighted by atomic mass is 9.83. The number of hydrogen-bond donors (Lipinski definition) is 2. The van der Waals surface area contributed by atoms with Crippen LogP contribution in [0.5, 0.6) is 0 Å². The molecule has 1 unspecified atom stereocenters. The van der Waals surface area contributed by atoms with Gasteiger partial charge in [-0.3, -0.25) is 0 Å². The van der Waals surface area contributed by atoms with E-state index in [1.807, 2.05) is 27.7 Å². The number of carbonyl (C=O) groups is 2. The van der Waals surface area contributed by atoms with E-state index in [1.54, 1.807) is 6.07 Å². The van der Waals surface area contributed by atoms with E-state index in [0.29, 0.717) is 11.3 Å². The van der Waals surface area contributed by atoms with E-state index in [2.05, 4.69) is 5.32 Å². The highest BCUT2D eigenvalue weighted by molar-refractivity contribution is 7.14. The summed E-state index contributed by atoms with van der Waals surface area (Å²) in [5.41, 5.74) is 0.163. The summed E-state index contributed by atoms with van der Waals surface area (Å²) in [5.74, 6) is -0.892. The van der Waals surface area contributed by atoms with Crippen molar-refractivity contribution < 1.29 is 19.4 Å². The van der Waals surface area contributed by atoms with E-state index in [4.69, 9.17) is 9.84 Å². The number of rotatable bonds is 2. The maximum absolute atomic E-state index is 11.9. The van der Waals surface area contributed by atoms with Gasteiger partial charge >= 0.3 is 12.1 Å². The lowest BCUT2D eigenvalue weighted by Gasteiger charge is -2.35. The summed E-state index contributed by atoms with van der Waals surface area (Å²) in [4.78, 5) is 24.4. The van der Waals surface area contributed by atoms with Crippen LogP contribution in [0.4, 0.5) is 4.79 Å². The number of aromatic carboxylic acids is 1. The number of carboxylic acids is 1. The van der Waals surface area contributed by atoms with Crippen LogP contribution in [-0.4, -0.2) is 28.3 Å². The number of carboxylic acid groups (broad SMARTS) is 1. The van der Waals surface area contributed by atoms with Crippen molar-refractivity contribution in [3.05, 3.63) is 21.4 Å². The Labute approximate surface area is 128 Å². The van der Waals surface area contributed by atoms with E-state index >= 15 is 0 Å². The number of thiophene rings is 1. The van der Waals surface area contributed by atoms with Gasteiger partial charge in [-0.1, -0.05) is 0 Å². The molecule has 6 heteroatoms. The van der Waals surface area contributed by atoms with Crippen LogP contribution in [0.1, 0.15) is 54.2 Å². The fourth-order valence-corrected chi connectivity index (χ4v) is 3.68. The number of ether oxygens (including phenoxy) is 1. The Kier molecular flexibility index (Phi) is 4.02. The molecule has 1 atom stereocenters. The van der Waals surface area contributed by atoms with Gasteiger partial charge in [-0.05, 0) is 52.2 Å². The largest absolute Gasteiger partial charge is 0.477 e. The number of alkyl carbamates (subject to hydrolysis) is 1. The summed E-state index contributed by atoms with van der Waals surface area (Å²) in [6, 6.07) is 1.75. The minimum atomic E-state index is -0.892. The highest BCUT2D eigenvalue weighted by atomic mass is 32.1. The van der Waals surface area contributed by atoms with Gasteiger partial charge in [0.25, 0.3) is 0 Å². The SMILES string of the molecule is CC1(NC(=O)OC(C)(C)C)CCc2cc(C(=O)O)sc2C1. The number of aryl methyl sites for hydroxylation is 1. The van der Waals surface area contributed by atoms with Gasteiger partial charge < -0.3 is 15.2 Å². The smallest absolute Gasteiger partial charge is 0.408 e. The van der Waals surface area contributed by atoms with Gasteiger partial charge in [0.05, 0.1) is 0 Å². The van der Waals surface area contributed by atoms with Crippen molar-refractivity contribution in [3.8, 4) is 0 Å². The third-order valence-electron chi connectivity index (χ3n) is 3.41. The predicted molar refractivity (Wildman–Crippen MR) is 81.1 cm³/mol. The highest BCUT2D eigenvalue weighted by Crippen LogP contribution is 2.34. The average Bonchev–Trinajstić information content (AvgIpc) is 2.67. The molecule has 1 heterocycles. The Hall–Kier alpha value is -1.56. The van der Waals surface area contributed by atoms with E-state index in [1.165, 1.54) is 11.3 Å². The Morgan fingerprint density at radius 3 is 2.67 bits per heavy atom. The second-order valence-corrected chi connectivity index (χ2v) is 7.87. The van der Waals surface area contributed by atoms with Crippen molar-refractivity contribution in [2.45, 2.75) is 58.1 Å².